The summed E-state index contributed by atoms with van der Waals surface area (Å²) >= 11 is 0. The molecule has 33 heavy (non-hydrogen) atoms. The van der Waals surface area contributed by atoms with E-state index in [4.69, 9.17) is 10.1 Å². The van der Waals surface area contributed by atoms with Crippen molar-refractivity contribution in [1.82, 2.24) is 15.5 Å². The first kappa shape index (κ1) is 23.4. The quantitative estimate of drug-likeness (QED) is 0.598. The summed E-state index contributed by atoms with van der Waals surface area (Å²) in [5.41, 5.74) is 0.118. The molecule has 2 heterocycles. The summed E-state index contributed by atoms with van der Waals surface area (Å²) in [5, 5.41) is 14.2. The fourth-order valence-electron chi connectivity index (χ4n) is 4.78. The van der Waals surface area contributed by atoms with Crippen LogP contribution in [-0.4, -0.2) is 47.0 Å². The Kier molecular flexibility index (Phi) is 6.05. The number of nitrogens with zero attached hydrogens (tertiary/aromatic N) is 1. The number of alkyl halides is 3. The van der Waals surface area contributed by atoms with Crippen LogP contribution in [-0.2, 0) is 9.59 Å². The van der Waals surface area contributed by atoms with E-state index in [2.05, 4.69) is 10.6 Å². The van der Waals surface area contributed by atoms with Crippen molar-refractivity contribution in [2.45, 2.75) is 69.8 Å². The number of carbonyl (C=O) groups excluding carboxylic acids is 2. The second-order valence-electron chi connectivity index (χ2n) is 9.23. The van der Waals surface area contributed by atoms with Crippen molar-refractivity contribution in [3.8, 4) is 5.75 Å². The number of rotatable bonds is 6. The number of nitrogens with one attached hydrogen (secondary N) is 3. The summed E-state index contributed by atoms with van der Waals surface area (Å²) in [7, 11) is 0. The van der Waals surface area contributed by atoms with Gasteiger partial charge in [0.25, 0.3) is 0 Å². The fourth-order valence-corrected chi connectivity index (χ4v) is 4.78. The highest BCUT2D eigenvalue weighted by atomic mass is 19.4. The Morgan fingerprint density at radius 1 is 1.27 bits per heavy atom. The van der Waals surface area contributed by atoms with Gasteiger partial charge < -0.3 is 15.4 Å². The lowest BCUT2D eigenvalue weighted by Crippen LogP contribution is -2.62. The molecule has 3 N–H and O–H groups in total. The Hall–Kier alpha value is -2.78. The maximum Gasteiger partial charge on any atom is 0.425 e. The molecule has 2 amide bonds. The first-order valence-corrected chi connectivity index (χ1v) is 11.4. The molecule has 0 aromatic heterocycles. The number of ether oxygens (including phenoxy) is 1. The maximum atomic E-state index is 13.3. The number of para-hydroxylation sites is 1. The standard InChI is InChI=1S/C23H29F3N4O3/c1-3-22(4-2)11-19(31)30(21(27)29-22)12-13-9-15(13)20(32)28-16-10-18(23(24,25)26)33-17-8-6-5-7-14(16)17/h5-8,13,15-16,18H,3-4,9-12H2,1-2H3,(H2,27,29)(H,28,32)/t13-,15+,16+,18?/m0/s1. The average Bonchev–Trinajstić information content (AvgIpc) is 3.55. The van der Waals surface area contributed by atoms with E-state index in [-0.39, 0.29) is 42.4 Å². The van der Waals surface area contributed by atoms with Crippen LogP contribution < -0.4 is 15.4 Å². The minimum atomic E-state index is -4.53. The summed E-state index contributed by atoms with van der Waals surface area (Å²) in [5.74, 6) is -0.817. The van der Waals surface area contributed by atoms with Crippen LogP contribution in [0.4, 0.5) is 13.2 Å². The van der Waals surface area contributed by atoms with Crippen LogP contribution in [0.15, 0.2) is 24.3 Å². The molecule has 1 aliphatic carbocycles. The Labute approximate surface area is 190 Å². The first-order chi connectivity index (χ1) is 15.6. The monoisotopic (exact) mass is 466 g/mol. The molecule has 4 rings (SSSR count). The Bertz CT molecular complexity index is 927. The second kappa shape index (κ2) is 8.53. The Morgan fingerprint density at radius 3 is 2.61 bits per heavy atom. The third kappa shape index (κ3) is 4.65. The van der Waals surface area contributed by atoms with Crippen LogP contribution in [0.5, 0.6) is 5.75 Å². The fraction of sp³-hybridized carbons (Fsp3) is 0.609. The van der Waals surface area contributed by atoms with E-state index in [0.29, 0.717) is 18.4 Å². The molecule has 2 fully saturated rings. The normalized spacial score (nSPS) is 28.5. The SMILES string of the molecule is CCC1(CC)CC(=O)N(C[C@@H]2C[C@H]2C(=O)N[C@@H]2CC(C(F)(F)F)Oc3ccccc32)C(=N)N1. The molecule has 180 valence electrons. The molecule has 1 saturated carbocycles. The Balaban J connectivity index is 1.38. The number of benzene rings is 1. The molecule has 1 saturated heterocycles. The predicted octanol–water partition coefficient (Wildman–Crippen LogP) is 3.51. The number of fused-ring (bicyclic) bond motifs is 1. The minimum absolute atomic E-state index is 0.0485. The smallest absolute Gasteiger partial charge is 0.425 e. The van der Waals surface area contributed by atoms with Crippen LogP contribution in [0, 0.1) is 17.2 Å². The minimum Gasteiger partial charge on any atom is -0.480 e. The molecule has 0 bridgehead atoms. The summed E-state index contributed by atoms with van der Waals surface area (Å²) in [4.78, 5) is 26.9. The van der Waals surface area contributed by atoms with E-state index in [9.17, 15) is 22.8 Å². The zero-order chi connectivity index (χ0) is 24.0. The zero-order valence-electron chi connectivity index (χ0n) is 18.7. The molecule has 4 atom stereocenters. The Morgan fingerprint density at radius 2 is 1.97 bits per heavy atom. The number of amides is 2. The summed E-state index contributed by atoms with van der Waals surface area (Å²) in [6, 6.07) is 5.62. The number of carbonyl (C=O) groups is 2. The van der Waals surface area contributed by atoms with Gasteiger partial charge in [0.1, 0.15) is 5.75 Å². The molecule has 1 aromatic carbocycles. The van der Waals surface area contributed by atoms with Crippen molar-refractivity contribution < 1.29 is 27.5 Å². The van der Waals surface area contributed by atoms with Gasteiger partial charge in [-0.15, -0.1) is 0 Å². The van der Waals surface area contributed by atoms with Gasteiger partial charge in [0.2, 0.25) is 11.8 Å². The summed E-state index contributed by atoms with van der Waals surface area (Å²) in [6.07, 6.45) is -4.63. The summed E-state index contributed by atoms with van der Waals surface area (Å²) in [6.45, 7) is 4.21. The lowest BCUT2D eigenvalue weighted by Gasteiger charge is -2.42. The van der Waals surface area contributed by atoms with Crippen LogP contribution >= 0.6 is 0 Å². The molecule has 1 aromatic rings. The van der Waals surface area contributed by atoms with Crippen molar-refractivity contribution in [2.24, 2.45) is 11.8 Å². The summed E-state index contributed by atoms with van der Waals surface area (Å²) < 4.78 is 45.1. The number of hydrogen-bond acceptors (Lipinski definition) is 4. The first-order valence-electron chi connectivity index (χ1n) is 11.4. The van der Waals surface area contributed by atoms with Gasteiger partial charge in [-0.1, -0.05) is 32.0 Å². The molecule has 0 spiro atoms. The highest BCUT2D eigenvalue weighted by molar-refractivity contribution is 5.99. The zero-order valence-corrected chi connectivity index (χ0v) is 18.7. The van der Waals surface area contributed by atoms with Gasteiger partial charge in [0.15, 0.2) is 12.1 Å². The van der Waals surface area contributed by atoms with E-state index in [1.807, 2.05) is 13.8 Å². The molecular formula is C23H29F3N4O3. The second-order valence-corrected chi connectivity index (χ2v) is 9.23. The van der Waals surface area contributed by atoms with Crippen LogP contribution in [0.2, 0.25) is 0 Å². The van der Waals surface area contributed by atoms with E-state index in [0.717, 1.165) is 12.8 Å². The molecule has 1 unspecified atom stereocenters. The molecule has 10 heteroatoms. The maximum absolute atomic E-state index is 13.3. The van der Waals surface area contributed by atoms with Gasteiger partial charge in [-0.3, -0.25) is 19.9 Å². The average molecular weight is 467 g/mol. The van der Waals surface area contributed by atoms with Gasteiger partial charge in [0.05, 0.1) is 12.5 Å². The highest BCUT2D eigenvalue weighted by Crippen LogP contribution is 2.43. The molecule has 3 aliphatic rings. The van der Waals surface area contributed by atoms with Crippen molar-refractivity contribution >= 4 is 17.8 Å². The van der Waals surface area contributed by atoms with Crippen LogP contribution in [0.3, 0.4) is 0 Å². The van der Waals surface area contributed by atoms with E-state index < -0.39 is 29.8 Å². The van der Waals surface area contributed by atoms with Crippen molar-refractivity contribution in [1.29, 1.82) is 5.41 Å². The van der Waals surface area contributed by atoms with Crippen molar-refractivity contribution in [3.05, 3.63) is 29.8 Å². The third-order valence-corrected chi connectivity index (χ3v) is 7.17. The highest BCUT2D eigenvalue weighted by Gasteiger charge is 2.50. The van der Waals surface area contributed by atoms with Crippen molar-refractivity contribution in [3.63, 3.8) is 0 Å². The van der Waals surface area contributed by atoms with E-state index in [1.54, 1.807) is 18.2 Å². The number of halogens is 3. The van der Waals surface area contributed by atoms with Crippen molar-refractivity contribution in [2.75, 3.05) is 6.54 Å². The van der Waals surface area contributed by atoms with Gasteiger partial charge in [-0.25, -0.2) is 0 Å². The molecule has 2 aliphatic heterocycles. The topological polar surface area (TPSA) is 94.5 Å². The van der Waals surface area contributed by atoms with Gasteiger partial charge in [0, 0.05) is 30.0 Å². The predicted molar refractivity (Wildman–Crippen MR) is 115 cm³/mol. The van der Waals surface area contributed by atoms with E-state index >= 15 is 0 Å². The lowest BCUT2D eigenvalue weighted by atomic mass is 9.87. The van der Waals surface area contributed by atoms with E-state index in [1.165, 1.54) is 11.0 Å². The number of guanidine groups is 1. The van der Waals surface area contributed by atoms with Crippen LogP contribution in [0.1, 0.15) is 57.6 Å². The molecular weight excluding hydrogens is 437 g/mol. The van der Waals surface area contributed by atoms with Gasteiger partial charge in [-0.2, -0.15) is 13.2 Å². The molecule has 7 nitrogen and oxygen atoms in total. The number of hydrogen-bond donors (Lipinski definition) is 3. The largest absolute Gasteiger partial charge is 0.480 e. The van der Waals surface area contributed by atoms with Gasteiger partial charge in [-0.05, 0) is 31.2 Å². The van der Waals surface area contributed by atoms with Crippen LogP contribution in [0.25, 0.3) is 0 Å². The molecule has 0 radical (unpaired) electrons. The lowest BCUT2D eigenvalue weighted by molar-refractivity contribution is -0.201. The third-order valence-electron chi connectivity index (χ3n) is 7.17. The van der Waals surface area contributed by atoms with Gasteiger partial charge >= 0.3 is 6.18 Å².